The van der Waals surface area contributed by atoms with Gasteiger partial charge in [0.25, 0.3) is 0 Å². The average molecular weight is 332 g/mol. The number of aliphatic hydroxyl groups is 1. The summed E-state index contributed by atoms with van der Waals surface area (Å²) >= 11 is 6.11. The zero-order chi connectivity index (χ0) is 16.4. The fourth-order valence-corrected chi connectivity index (χ4v) is 2.81. The Morgan fingerprint density at radius 1 is 1.26 bits per heavy atom. The minimum atomic E-state index is -0.0835. The number of fused-ring (bicyclic) bond motifs is 2. The van der Waals surface area contributed by atoms with Crippen LogP contribution in [0.3, 0.4) is 0 Å². The van der Waals surface area contributed by atoms with Gasteiger partial charge in [0.1, 0.15) is 5.58 Å². The molecule has 0 radical (unpaired) electrons. The van der Waals surface area contributed by atoms with Gasteiger partial charge in [-0.2, -0.15) is 0 Å². The number of hydrogen-bond donors (Lipinski definition) is 2. The largest absolute Gasteiger partial charge is 0.454 e. The summed E-state index contributed by atoms with van der Waals surface area (Å²) in [5.74, 6) is 0. The molecule has 2 aromatic carbocycles. The van der Waals surface area contributed by atoms with Crippen molar-refractivity contribution in [3.8, 4) is 0 Å². The fourth-order valence-electron chi connectivity index (χ4n) is 2.60. The lowest BCUT2D eigenvalue weighted by Crippen LogP contribution is -2.31. The van der Waals surface area contributed by atoms with Gasteiger partial charge in [-0.3, -0.25) is 4.79 Å². The number of halogens is 1. The first kappa shape index (κ1) is 16.0. The van der Waals surface area contributed by atoms with Crippen molar-refractivity contribution >= 4 is 33.5 Å². The second kappa shape index (κ2) is 6.71. The number of aliphatic hydroxyl groups excluding tert-OH is 1. The normalized spacial score (nSPS) is 12.8. The van der Waals surface area contributed by atoms with E-state index in [1.165, 1.54) is 0 Å². The van der Waals surface area contributed by atoms with Gasteiger partial charge in [-0.05, 0) is 36.2 Å². The summed E-state index contributed by atoms with van der Waals surface area (Å²) < 4.78 is 5.79. The number of nitrogens with one attached hydrogen (secondary N) is 1. The molecule has 1 aromatic heterocycles. The van der Waals surface area contributed by atoms with E-state index in [1.807, 2.05) is 19.1 Å². The molecule has 3 rings (SSSR count). The number of para-hydroxylation sites is 1. The molecular formula is C18H18ClNO3. The summed E-state index contributed by atoms with van der Waals surface area (Å²) in [5.41, 5.74) is 1.83. The van der Waals surface area contributed by atoms with Crippen LogP contribution in [0.1, 0.15) is 18.9 Å². The Labute approximate surface area is 138 Å². The zero-order valence-electron chi connectivity index (χ0n) is 12.8. The van der Waals surface area contributed by atoms with Crippen LogP contribution in [0.4, 0.5) is 0 Å². The highest BCUT2D eigenvalue weighted by atomic mass is 35.5. The third-order valence-electron chi connectivity index (χ3n) is 4.02. The molecule has 23 heavy (non-hydrogen) atoms. The van der Waals surface area contributed by atoms with E-state index in [0.717, 1.165) is 12.0 Å². The van der Waals surface area contributed by atoms with Crippen LogP contribution in [0.5, 0.6) is 0 Å². The van der Waals surface area contributed by atoms with Crippen LogP contribution < -0.4 is 10.7 Å². The lowest BCUT2D eigenvalue weighted by atomic mass is 10.1. The van der Waals surface area contributed by atoms with E-state index in [9.17, 15) is 9.90 Å². The maximum absolute atomic E-state index is 12.7. The Balaban J connectivity index is 2.04. The number of benzene rings is 2. The second-order valence-corrected chi connectivity index (χ2v) is 5.95. The molecule has 0 amide bonds. The van der Waals surface area contributed by atoms with Crippen LogP contribution >= 0.6 is 11.6 Å². The molecule has 0 fully saturated rings. The van der Waals surface area contributed by atoms with E-state index in [0.29, 0.717) is 33.5 Å². The summed E-state index contributed by atoms with van der Waals surface area (Å²) in [5, 5.41) is 13.9. The van der Waals surface area contributed by atoms with E-state index < -0.39 is 0 Å². The highest BCUT2D eigenvalue weighted by Gasteiger charge is 2.11. The van der Waals surface area contributed by atoms with Gasteiger partial charge in [-0.1, -0.05) is 30.7 Å². The quantitative estimate of drug-likeness (QED) is 0.703. The lowest BCUT2D eigenvalue weighted by Gasteiger charge is -2.14. The van der Waals surface area contributed by atoms with Crippen molar-refractivity contribution in [1.29, 1.82) is 0 Å². The molecule has 0 aliphatic rings. The lowest BCUT2D eigenvalue weighted by molar-refractivity contribution is 0.238. The smallest absolute Gasteiger partial charge is 0.200 e. The summed E-state index contributed by atoms with van der Waals surface area (Å²) in [6, 6.07) is 10.7. The van der Waals surface area contributed by atoms with E-state index >= 15 is 0 Å². The molecule has 5 heteroatoms. The molecule has 0 spiro atoms. The van der Waals surface area contributed by atoms with Crippen molar-refractivity contribution in [1.82, 2.24) is 5.32 Å². The first-order chi connectivity index (χ1) is 11.1. The minimum Gasteiger partial charge on any atom is -0.454 e. The van der Waals surface area contributed by atoms with Crippen molar-refractivity contribution in [2.45, 2.75) is 25.9 Å². The Bertz CT molecular complexity index is 900. The molecule has 0 unspecified atom stereocenters. The van der Waals surface area contributed by atoms with Crippen molar-refractivity contribution in [2.24, 2.45) is 0 Å². The SMILES string of the molecule is CC[C@H](CO)NCc1ccc2oc3c(Cl)cccc3c(=O)c2c1. The Kier molecular flexibility index (Phi) is 4.66. The first-order valence-electron chi connectivity index (χ1n) is 7.62. The summed E-state index contributed by atoms with van der Waals surface area (Å²) in [4.78, 5) is 12.7. The van der Waals surface area contributed by atoms with Gasteiger partial charge in [-0.15, -0.1) is 0 Å². The molecule has 3 aromatic rings. The van der Waals surface area contributed by atoms with E-state index in [1.54, 1.807) is 24.3 Å². The third kappa shape index (κ3) is 3.11. The van der Waals surface area contributed by atoms with E-state index in [-0.39, 0.29) is 18.1 Å². The van der Waals surface area contributed by atoms with Crippen LogP contribution in [0.15, 0.2) is 45.6 Å². The Morgan fingerprint density at radius 3 is 2.83 bits per heavy atom. The summed E-state index contributed by atoms with van der Waals surface area (Å²) in [6.45, 7) is 2.69. The van der Waals surface area contributed by atoms with Gasteiger partial charge in [-0.25, -0.2) is 0 Å². The van der Waals surface area contributed by atoms with Crippen molar-refractivity contribution in [2.75, 3.05) is 6.61 Å². The molecule has 0 bridgehead atoms. The standard InChI is InChI=1S/C18H18ClNO3/c1-2-12(10-21)20-9-11-6-7-16-14(8-11)17(22)13-4-3-5-15(19)18(13)23-16/h3-8,12,20-21H,2,9-10H2,1H3/t12-/m1/s1. The van der Waals surface area contributed by atoms with E-state index in [4.69, 9.17) is 16.0 Å². The molecule has 4 nitrogen and oxygen atoms in total. The maximum Gasteiger partial charge on any atom is 0.200 e. The van der Waals surface area contributed by atoms with Gasteiger partial charge in [0.15, 0.2) is 5.58 Å². The van der Waals surface area contributed by atoms with Crippen molar-refractivity contribution in [3.05, 3.63) is 57.2 Å². The van der Waals surface area contributed by atoms with Crippen LogP contribution in [0.25, 0.3) is 21.9 Å². The van der Waals surface area contributed by atoms with Crippen LogP contribution in [-0.2, 0) is 6.54 Å². The molecule has 120 valence electrons. The van der Waals surface area contributed by atoms with Gasteiger partial charge < -0.3 is 14.8 Å². The highest BCUT2D eigenvalue weighted by molar-refractivity contribution is 6.34. The second-order valence-electron chi connectivity index (χ2n) is 5.55. The molecule has 1 heterocycles. The molecule has 0 aliphatic heterocycles. The average Bonchev–Trinajstić information content (AvgIpc) is 2.57. The van der Waals surface area contributed by atoms with Gasteiger partial charge >= 0.3 is 0 Å². The first-order valence-corrected chi connectivity index (χ1v) is 8.00. The molecular weight excluding hydrogens is 314 g/mol. The maximum atomic E-state index is 12.7. The fraction of sp³-hybridized carbons (Fsp3) is 0.278. The van der Waals surface area contributed by atoms with Gasteiger partial charge in [0.2, 0.25) is 5.43 Å². The van der Waals surface area contributed by atoms with Crippen molar-refractivity contribution < 1.29 is 9.52 Å². The zero-order valence-corrected chi connectivity index (χ0v) is 13.6. The molecule has 0 saturated heterocycles. The molecule has 0 aliphatic carbocycles. The van der Waals surface area contributed by atoms with Crippen LogP contribution in [-0.4, -0.2) is 17.8 Å². The van der Waals surface area contributed by atoms with Gasteiger partial charge in [0.05, 0.1) is 22.4 Å². The molecule has 1 atom stereocenters. The Morgan fingerprint density at radius 2 is 2.09 bits per heavy atom. The molecule has 0 saturated carbocycles. The predicted molar refractivity (Wildman–Crippen MR) is 93.0 cm³/mol. The number of hydrogen-bond acceptors (Lipinski definition) is 4. The highest BCUT2D eigenvalue weighted by Crippen LogP contribution is 2.25. The van der Waals surface area contributed by atoms with Crippen molar-refractivity contribution in [3.63, 3.8) is 0 Å². The predicted octanol–water partition coefficient (Wildman–Crippen LogP) is 3.46. The van der Waals surface area contributed by atoms with Gasteiger partial charge in [0, 0.05) is 12.6 Å². The topological polar surface area (TPSA) is 62.5 Å². The summed E-state index contributed by atoms with van der Waals surface area (Å²) in [7, 11) is 0. The van der Waals surface area contributed by atoms with Crippen LogP contribution in [0, 0.1) is 0 Å². The minimum absolute atomic E-state index is 0.0533. The Hall–Kier alpha value is -1.88. The number of rotatable bonds is 5. The monoisotopic (exact) mass is 331 g/mol. The summed E-state index contributed by atoms with van der Waals surface area (Å²) in [6.07, 6.45) is 0.843. The third-order valence-corrected chi connectivity index (χ3v) is 4.32. The van der Waals surface area contributed by atoms with Crippen LogP contribution in [0.2, 0.25) is 5.02 Å². The molecule has 2 N–H and O–H groups in total. The van der Waals surface area contributed by atoms with E-state index in [2.05, 4.69) is 5.32 Å².